The fraction of sp³-hybridized carbons (Fsp3) is 0.162. The molecule has 382 valence electrons. The lowest BCUT2D eigenvalue weighted by molar-refractivity contribution is 0.634. The summed E-state index contributed by atoms with van der Waals surface area (Å²) in [6.07, 6.45) is 0. The third-order valence-corrected chi connectivity index (χ3v) is 16.1. The second kappa shape index (κ2) is 19.6. The first-order chi connectivity index (χ1) is 37.9. The van der Waals surface area contributed by atoms with Gasteiger partial charge in [-0.15, -0.1) is 0 Å². The highest BCUT2D eigenvalue weighted by Crippen LogP contribution is 2.52. The molecule has 0 atom stereocenters. The molecule has 0 fully saturated rings. The predicted octanol–water partition coefficient (Wildman–Crippen LogP) is 22.6. The van der Waals surface area contributed by atoms with E-state index in [1.165, 1.54) is 22.3 Å². The molecule has 0 amide bonds. The topological polar surface area (TPSA) is 32.8 Å². The molecule has 0 bridgehead atoms. The van der Waals surface area contributed by atoms with Crippen LogP contribution in [0.1, 0.15) is 101 Å². The molecule has 0 unspecified atom stereocenters. The molecule has 0 aliphatic rings. The van der Waals surface area contributed by atoms with Crippen molar-refractivity contribution in [2.24, 2.45) is 0 Å². The summed E-state index contributed by atoms with van der Waals surface area (Å²) in [5.74, 6) is 1.68. The molecule has 2 heterocycles. The van der Waals surface area contributed by atoms with Crippen molar-refractivity contribution in [3.63, 3.8) is 0 Å². The number of nitrogens with zero attached hydrogens (tertiary/aromatic N) is 2. The van der Waals surface area contributed by atoms with Crippen LogP contribution in [-0.2, 0) is 0 Å². The predicted molar refractivity (Wildman–Crippen MR) is 333 cm³/mol. The van der Waals surface area contributed by atoms with Crippen LogP contribution in [0.3, 0.4) is 0 Å². The number of furan rings is 2. The molecule has 0 N–H and O–H groups in total. The number of fused-ring (bicyclic) bond motifs is 9. The number of rotatable bonds is 12. The summed E-state index contributed by atoms with van der Waals surface area (Å²) < 4.78 is 14.6. The van der Waals surface area contributed by atoms with E-state index >= 15 is 0 Å². The van der Waals surface area contributed by atoms with Gasteiger partial charge < -0.3 is 18.6 Å². The van der Waals surface area contributed by atoms with Crippen molar-refractivity contribution in [3.8, 4) is 22.3 Å². The number of anilines is 6. The molecule has 13 rings (SSSR count). The molecular weight excluding hydrogens is 949 g/mol. The van der Waals surface area contributed by atoms with E-state index in [1.54, 1.807) is 0 Å². The molecule has 4 nitrogen and oxygen atoms in total. The summed E-state index contributed by atoms with van der Waals surface area (Å²) in [6.45, 7) is 18.0. The SMILES string of the molecule is CC(C)c1ccc(N(c2cccc(C(C)C)c2)c2ccc3cc4c(cc3c2)oc2c3oc5cc6cc(N(c7ccc(C(C)C)cc7)c7cccc(C(C)C)c7)ccc6cc5c3c(-c3ccccc3)c(-c3ccccc3)c42)cc1. The molecule has 2 aromatic heterocycles. The Morgan fingerprint density at radius 2 is 0.641 bits per heavy atom. The first kappa shape index (κ1) is 48.8. The fourth-order valence-corrected chi connectivity index (χ4v) is 11.7. The average molecular weight is 1010 g/mol. The molecule has 0 saturated heterocycles. The lowest BCUT2D eigenvalue weighted by Crippen LogP contribution is -2.10. The smallest absolute Gasteiger partial charge is 0.179 e. The maximum Gasteiger partial charge on any atom is 0.179 e. The Morgan fingerprint density at radius 3 is 1.01 bits per heavy atom. The third-order valence-electron chi connectivity index (χ3n) is 16.1. The minimum Gasteiger partial charge on any atom is -0.452 e. The Kier molecular flexibility index (Phi) is 12.3. The number of benzene rings is 11. The minimum absolute atomic E-state index is 0.397. The Balaban J connectivity index is 1.04. The van der Waals surface area contributed by atoms with Gasteiger partial charge in [0.15, 0.2) is 11.2 Å². The molecule has 11 aromatic carbocycles. The van der Waals surface area contributed by atoms with E-state index in [0.29, 0.717) is 23.7 Å². The molecule has 0 saturated carbocycles. The highest BCUT2D eigenvalue weighted by molar-refractivity contribution is 6.31. The monoisotopic (exact) mass is 1010 g/mol. The van der Waals surface area contributed by atoms with Crippen LogP contribution in [0, 0.1) is 0 Å². The first-order valence-electron chi connectivity index (χ1n) is 27.8. The standard InChI is InChI=1S/C74H64N2O2/c1-45(2)49-25-31-59(32-26-49)75(61-23-15-21-53(37-61)47(5)6)63-35-29-55-41-65-67(43-57(55)39-63)77-73-71(65)69(51-17-11-9-12-18-51)70(52-19-13-10-14-20-52)72-66-42-56-30-36-64(40-58(56)44-68(66)78-74(72)73)76(60-33-27-50(28-34-60)46(3)4)62-24-16-22-54(38-62)48(7)8/h9-48H,1-8H3. The van der Waals surface area contributed by atoms with Gasteiger partial charge in [0.25, 0.3) is 0 Å². The third kappa shape index (κ3) is 8.57. The van der Waals surface area contributed by atoms with Crippen LogP contribution in [-0.4, -0.2) is 0 Å². The van der Waals surface area contributed by atoms with E-state index in [1.807, 2.05) is 0 Å². The van der Waals surface area contributed by atoms with Crippen molar-refractivity contribution in [1.29, 1.82) is 0 Å². The lowest BCUT2D eigenvalue weighted by atomic mass is 9.87. The maximum atomic E-state index is 7.29. The van der Waals surface area contributed by atoms with Gasteiger partial charge in [-0.1, -0.05) is 177 Å². The van der Waals surface area contributed by atoms with Gasteiger partial charge in [-0.05, 0) is 176 Å². The molecule has 4 heteroatoms. The quantitative estimate of drug-likeness (QED) is 0.122. The molecule has 0 aliphatic heterocycles. The van der Waals surface area contributed by atoms with Gasteiger partial charge in [0, 0.05) is 66.8 Å². The number of hydrogen-bond acceptors (Lipinski definition) is 4. The van der Waals surface area contributed by atoms with Gasteiger partial charge in [-0.3, -0.25) is 0 Å². The summed E-state index contributed by atoms with van der Waals surface area (Å²) in [5, 5.41) is 8.63. The zero-order valence-electron chi connectivity index (χ0n) is 45.8. The van der Waals surface area contributed by atoms with E-state index in [0.717, 1.165) is 122 Å². The molecule has 0 spiro atoms. The van der Waals surface area contributed by atoms with Crippen LogP contribution < -0.4 is 9.80 Å². The molecule has 13 aromatic rings. The van der Waals surface area contributed by atoms with Crippen LogP contribution >= 0.6 is 0 Å². The fourth-order valence-electron chi connectivity index (χ4n) is 11.7. The van der Waals surface area contributed by atoms with Crippen LogP contribution in [0.25, 0.3) is 87.7 Å². The largest absolute Gasteiger partial charge is 0.452 e. The van der Waals surface area contributed by atoms with Crippen LogP contribution in [0.5, 0.6) is 0 Å². The Hall–Kier alpha value is -8.86. The second-order valence-corrected chi connectivity index (χ2v) is 22.5. The Morgan fingerprint density at radius 1 is 0.282 bits per heavy atom. The molecule has 78 heavy (non-hydrogen) atoms. The molecule has 0 radical (unpaired) electrons. The van der Waals surface area contributed by atoms with Crippen LogP contribution in [0.2, 0.25) is 0 Å². The van der Waals surface area contributed by atoms with Crippen LogP contribution in [0.15, 0.2) is 227 Å². The summed E-state index contributed by atoms with van der Waals surface area (Å²) in [6, 6.07) is 80.5. The summed E-state index contributed by atoms with van der Waals surface area (Å²) in [5.41, 5.74) is 19.5. The van der Waals surface area contributed by atoms with Gasteiger partial charge in [0.2, 0.25) is 0 Å². The average Bonchev–Trinajstić information content (AvgIpc) is 4.16. The summed E-state index contributed by atoms with van der Waals surface area (Å²) >= 11 is 0. The Bertz CT molecular complexity index is 4090. The summed E-state index contributed by atoms with van der Waals surface area (Å²) in [4.78, 5) is 4.77. The van der Waals surface area contributed by atoms with Crippen molar-refractivity contribution < 1.29 is 8.83 Å². The highest BCUT2D eigenvalue weighted by atomic mass is 16.4. The van der Waals surface area contributed by atoms with Gasteiger partial charge >= 0.3 is 0 Å². The van der Waals surface area contributed by atoms with E-state index in [9.17, 15) is 0 Å². The van der Waals surface area contributed by atoms with Gasteiger partial charge in [-0.2, -0.15) is 0 Å². The first-order valence-corrected chi connectivity index (χ1v) is 27.8. The number of hydrogen-bond donors (Lipinski definition) is 0. The zero-order chi connectivity index (χ0) is 53.3. The minimum atomic E-state index is 0.397. The lowest BCUT2D eigenvalue weighted by Gasteiger charge is -2.27. The highest BCUT2D eigenvalue weighted by Gasteiger charge is 2.28. The maximum absolute atomic E-state index is 7.29. The molecular formula is C74H64N2O2. The summed E-state index contributed by atoms with van der Waals surface area (Å²) in [7, 11) is 0. The van der Waals surface area contributed by atoms with Crippen molar-refractivity contribution in [3.05, 3.63) is 241 Å². The van der Waals surface area contributed by atoms with Gasteiger partial charge in [0.05, 0.1) is 0 Å². The van der Waals surface area contributed by atoms with E-state index in [-0.39, 0.29) is 0 Å². The van der Waals surface area contributed by atoms with E-state index in [4.69, 9.17) is 8.83 Å². The van der Waals surface area contributed by atoms with Crippen molar-refractivity contribution in [2.75, 3.05) is 9.80 Å². The normalized spacial score (nSPS) is 12.1. The van der Waals surface area contributed by atoms with Crippen LogP contribution in [0.4, 0.5) is 34.1 Å². The van der Waals surface area contributed by atoms with Gasteiger partial charge in [0.1, 0.15) is 11.2 Å². The van der Waals surface area contributed by atoms with E-state index in [2.05, 4.69) is 284 Å². The van der Waals surface area contributed by atoms with Crippen molar-refractivity contribution in [2.45, 2.75) is 79.1 Å². The van der Waals surface area contributed by atoms with Crippen molar-refractivity contribution in [1.82, 2.24) is 0 Å². The zero-order valence-corrected chi connectivity index (χ0v) is 45.8. The van der Waals surface area contributed by atoms with E-state index < -0.39 is 0 Å². The van der Waals surface area contributed by atoms with Gasteiger partial charge in [-0.25, -0.2) is 0 Å². The van der Waals surface area contributed by atoms with Crippen molar-refractivity contribution >= 4 is 99.5 Å². The second-order valence-electron chi connectivity index (χ2n) is 22.5. The molecule has 0 aliphatic carbocycles. The Labute approximate surface area is 457 Å².